The van der Waals surface area contributed by atoms with Gasteiger partial charge in [-0.2, -0.15) is 4.31 Å². The van der Waals surface area contributed by atoms with Crippen molar-refractivity contribution in [3.63, 3.8) is 0 Å². The maximum absolute atomic E-state index is 13.5. The van der Waals surface area contributed by atoms with E-state index in [1.807, 2.05) is 13.8 Å². The van der Waals surface area contributed by atoms with Crippen LogP contribution in [0.4, 0.5) is 4.39 Å². The molecule has 0 aliphatic carbocycles. The summed E-state index contributed by atoms with van der Waals surface area (Å²) < 4.78 is 39.7. The monoisotopic (exact) mass is 424 g/mol. The van der Waals surface area contributed by atoms with Crippen molar-refractivity contribution in [2.24, 2.45) is 0 Å². The molecule has 8 heteroatoms. The first kappa shape index (κ1) is 22.4. The maximum atomic E-state index is 13.5. The molecule has 0 aliphatic heterocycles. The Kier molecular flexibility index (Phi) is 8.03. The van der Waals surface area contributed by atoms with Crippen LogP contribution in [-0.2, 0) is 21.4 Å². The van der Waals surface area contributed by atoms with Gasteiger partial charge < -0.3 is 5.32 Å². The number of nitrogens with one attached hydrogen (secondary N) is 1. The van der Waals surface area contributed by atoms with Crippen molar-refractivity contribution < 1.29 is 17.6 Å². The van der Waals surface area contributed by atoms with Crippen LogP contribution < -0.4 is 5.32 Å². The van der Waals surface area contributed by atoms with Crippen LogP contribution in [0, 0.1) is 5.82 Å². The van der Waals surface area contributed by atoms with Crippen molar-refractivity contribution in [3.8, 4) is 0 Å². The van der Waals surface area contributed by atoms with E-state index in [0.29, 0.717) is 17.2 Å². The molecule has 0 saturated carbocycles. The van der Waals surface area contributed by atoms with Crippen LogP contribution in [-0.4, -0.2) is 37.5 Å². The van der Waals surface area contributed by atoms with Gasteiger partial charge in [0, 0.05) is 36.7 Å². The quantitative estimate of drug-likeness (QED) is 0.624. The molecule has 1 N–H and O–H groups in total. The summed E-state index contributed by atoms with van der Waals surface area (Å²) in [6.07, 6.45) is 0.268. The third kappa shape index (κ3) is 6.05. The molecule has 152 valence electrons. The summed E-state index contributed by atoms with van der Waals surface area (Å²) in [5.41, 5.74) is 0.807. The Morgan fingerprint density at radius 2 is 1.79 bits per heavy atom. The number of thioether (sulfide) groups is 1. The minimum absolute atomic E-state index is 0.133. The van der Waals surface area contributed by atoms with E-state index < -0.39 is 10.0 Å². The van der Waals surface area contributed by atoms with Gasteiger partial charge >= 0.3 is 0 Å². The van der Waals surface area contributed by atoms with Crippen LogP contribution in [0.1, 0.15) is 25.8 Å². The number of amides is 1. The second kappa shape index (κ2) is 10.0. The summed E-state index contributed by atoms with van der Waals surface area (Å²) in [5, 5.41) is 2.79. The Morgan fingerprint density at radius 1 is 1.14 bits per heavy atom. The van der Waals surface area contributed by atoms with Crippen molar-refractivity contribution in [1.29, 1.82) is 0 Å². The molecule has 0 atom stereocenters. The Balaban J connectivity index is 1.83. The molecule has 0 bridgehead atoms. The van der Waals surface area contributed by atoms with Crippen molar-refractivity contribution in [1.82, 2.24) is 9.62 Å². The van der Waals surface area contributed by atoms with Crippen LogP contribution in [0.15, 0.2) is 58.3 Å². The highest BCUT2D eigenvalue weighted by atomic mass is 32.2. The van der Waals surface area contributed by atoms with Gasteiger partial charge in [-0.05, 0) is 43.7 Å². The van der Waals surface area contributed by atoms with Crippen LogP contribution in [0.5, 0.6) is 0 Å². The van der Waals surface area contributed by atoms with Crippen molar-refractivity contribution in [2.75, 3.05) is 12.8 Å². The van der Waals surface area contributed by atoms with E-state index in [9.17, 15) is 17.6 Å². The van der Waals surface area contributed by atoms with Gasteiger partial charge in [-0.15, -0.1) is 11.8 Å². The number of hydrogen-bond donors (Lipinski definition) is 1. The summed E-state index contributed by atoms with van der Waals surface area (Å²) in [6.45, 7) is 3.93. The molecule has 2 aromatic rings. The number of halogens is 1. The zero-order chi connectivity index (χ0) is 20.7. The summed E-state index contributed by atoms with van der Waals surface area (Å²) in [6, 6.07) is 12.8. The fourth-order valence-corrected chi connectivity index (χ4v) is 4.58. The molecule has 0 heterocycles. The maximum Gasteiger partial charge on any atom is 0.243 e. The smallest absolute Gasteiger partial charge is 0.243 e. The highest BCUT2D eigenvalue weighted by Gasteiger charge is 2.22. The van der Waals surface area contributed by atoms with Gasteiger partial charge in [-0.25, -0.2) is 12.8 Å². The van der Waals surface area contributed by atoms with Gasteiger partial charge in [0.2, 0.25) is 15.9 Å². The second-order valence-corrected chi connectivity index (χ2v) is 9.70. The third-order valence-corrected chi connectivity index (χ3v) is 7.34. The van der Waals surface area contributed by atoms with Crippen LogP contribution in [0.25, 0.3) is 0 Å². The first-order valence-corrected chi connectivity index (χ1v) is 11.4. The van der Waals surface area contributed by atoms with Gasteiger partial charge in [0.25, 0.3) is 0 Å². The lowest BCUT2D eigenvalue weighted by molar-refractivity contribution is -0.120. The molecule has 0 radical (unpaired) electrons. The van der Waals surface area contributed by atoms with E-state index in [1.165, 1.54) is 22.1 Å². The summed E-state index contributed by atoms with van der Waals surface area (Å²) in [5.74, 6) is 0.0528. The molecule has 0 unspecified atom stereocenters. The highest BCUT2D eigenvalue weighted by molar-refractivity contribution is 7.99. The fourth-order valence-electron chi connectivity index (χ4n) is 2.33. The molecule has 28 heavy (non-hydrogen) atoms. The molecule has 1 amide bonds. The highest BCUT2D eigenvalue weighted by Crippen LogP contribution is 2.21. The number of benzene rings is 2. The largest absolute Gasteiger partial charge is 0.352 e. The predicted octanol–water partition coefficient (Wildman–Crippen LogP) is 3.65. The molecule has 2 rings (SSSR count). The zero-order valence-corrected chi connectivity index (χ0v) is 17.8. The molecular formula is C20H25FN2O3S2. The topological polar surface area (TPSA) is 66.5 Å². The van der Waals surface area contributed by atoms with Crippen LogP contribution in [0.2, 0.25) is 0 Å². The summed E-state index contributed by atoms with van der Waals surface area (Å²) in [4.78, 5) is 12.7. The van der Waals surface area contributed by atoms with Crippen molar-refractivity contribution >= 4 is 27.7 Å². The minimum atomic E-state index is -3.52. The Hall–Kier alpha value is -1.90. The lowest BCUT2D eigenvalue weighted by Crippen LogP contribution is -2.33. The molecule has 0 fully saturated rings. The summed E-state index contributed by atoms with van der Waals surface area (Å²) >= 11 is 1.30. The number of rotatable bonds is 9. The Morgan fingerprint density at radius 3 is 2.39 bits per heavy atom. The minimum Gasteiger partial charge on any atom is -0.352 e. The number of nitrogens with zero attached hydrogens (tertiary/aromatic N) is 1. The zero-order valence-electron chi connectivity index (χ0n) is 16.2. The van der Waals surface area contributed by atoms with Crippen molar-refractivity contribution in [2.45, 2.75) is 42.6 Å². The van der Waals surface area contributed by atoms with Gasteiger partial charge in [0.15, 0.2) is 0 Å². The van der Waals surface area contributed by atoms with E-state index in [4.69, 9.17) is 0 Å². The molecular weight excluding hydrogens is 399 g/mol. The van der Waals surface area contributed by atoms with E-state index in [2.05, 4.69) is 5.32 Å². The second-order valence-electron chi connectivity index (χ2n) is 6.56. The summed E-state index contributed by atoms with van der Waals surface area (Å²) in [7, 11) is -1.97. The Labute approximate surface area is 170 Å². The average Bonchev–Trinajstić information content (AvgIpc) is 2.67. The van der Waals surface area contributed by atoms with Gasteiger partial charge in [-0.3, -0.25) is 4.79 Å². The number of hydrogen-bond acceptors (Lipinski definition) is 4. The standard InChI is InChI=1S/C20H25FN2O3S2/c1-15(2)23(3)28(25,26)17-10-8-16(9-11-17)14-22-20(24)12-13-27-19-7-5-4-6-18(19)21/h4-11,15H,12-14H2,1-3H3,(H,22,24). The molecule has 0 spiro atoms. The molecule has 5 nitrogen and oxygen atoms in total. The van der Waals surface area contributed by atoms with Crippen molar-refractivity contribution in [3.05, 3.63) is 59.9 Å². The number of carbonyl (C=O) groups is 1. The third-order valence-electron chi connectivity index (χ3n) is 4.24. The first-order valence-electron chi connectivity index (χ1n) is 8.93. The van der Waals surface area contributed by atoms with Gasteiger partial charge in [0.05, 0.1) is 4.90 Å². The van der Waals surface area contributed by atoms with Crippen LogP contribution in [0.3, 0.4) is 0 Å². The van der Waals surface area contributed by atoms with E-state index in [-0.39, 0.29) is 29.1 Å². The number of sulfonamides is 1. The Bertz CT molecular complexity index is 900. The lowest BCUT2D eigenvalue weighted by Gasteiger charge is -2.21. The van der Waals surface area contributed by atoms with E-state index in [1.54, 1.807) is 49.5 Å². The molecule has 0 saturated heterocycles. The van der Waals surface area contributed by atoms with E-state index >= 15 is 0 Å². The number of carbonyl (C=O) groups excluding carboxylic acids is 1. The fraction of sp³-hybridized carbons (Fsp3) is 0.350. The normalized spacial score (nSPS) is 11.8. The molecule has 2 aromatic carbocycles. The van der Waals surface area contributed by atoms with E-state index in [0.717, 1.165) is 5.56 Å². The van der Waals surface area contributed by atoms with Gasteiger partial charge in [-0.1, -0.05) is 24.3 Å². The first-order chi connectivity index (χ1) is 13.2. The lowest BCUT2D eigenvalue weighted by atomic mass is 10.2. The SMILES string of the molecule is CC(C)N(C)S(=O)(=O)c1ccc(CNC(=O)CCSc2ccccc2F)cc1. The van der Waals surface area contributed by atoms with Gasteiger partial charge in [0.1, 0.15) is 5.82 Å². The molecule has 0 aliphatic rings. The predicted molar refractivity (Wildman–Crippen MR) is 110 cm³/mol. The molecule has 0 aromatic heterocycles. The average molecular weight is 425 g/mol. The van der Waals surface area contributed by atoms with Crippen LogP contribution >= 0.6 is 11.8 Å².